The highest BCUT2D eigenvalue weighted by Gasteiger charge is 2.11. The van der Waals surface area contributed by atoms with Crippen LogP contribution in [0.5, 0.6) is 5.75 Å². The van der Waals surface area contributed by atoms with Gasteiger partial charge in [-0.3, -0.25) is 19.9 Å². The molecule has 0 aliphatic carbocycles. The predicted octanol–water partition coefficient (Wildman–Crippen LogP) is 2.93. The number of aromatic nitrogens is 2. The minimum atomic E-state index is -0.620. The minimum absolute atomic E-state index is 0. The first-order valence-corrected chi connectivity index (χ1v) is 9.35. The van der Waals surface area contributed by atoms with E-state index in [-0.39, 0.29) is 24.8 Å². The molecule has 0 unspecified atom stereocenters. The van der Waals surface area contributed by atoms with E-state index in [9.17, 15) is 4.79 Å². The van der Waals surface area contributed by atoms with E-state index in [4.69, 9.17) is 9.94 Å². The van der Waals surface area contributed by atoms with Gasteiger partial charge < -0.3 is 10.1 Å². The number of nitrogens with one attached hydrogen (secondary N) is 2. The average molecular weight is 456 g/mol. The first kappa shape index (κ1) is 25.6. The van der Waals surface area contributed by atoms with Gasteiger partial charge in [0.1, 0.15) is 18.2 Å². The molecule has 0 saturated carbocycles. The molecule has 2 aromatic rings. The molecule has 3 N–H and O–H groups in total. The maximum Gasteiger partial charge on any atom is 0.267 e. The van der Waals surface area contributed by atoms with Crippen LogP contribution in [0.3, 0.4) is 0 Å². The van der Waals surface area contributed by atoms with E-state index in [2.05, 4.69) is 32.3 Å². The lowest BCUT2D eigenvalue weighted by molar-refractivity contribution is -0.124. The van der Waals surface area contributed by atoms with Crippen LogP contribution in [0.15, 0.2) is 42.7 Å². The van der Waals surface area contributed by atoms with Crippen molar-refractivity contribution in [2.45, 2.75) is 19.4 Å². The van der Waals surface area contributed by atoms with E-state index in [1.807, 2.05) is 12.1 Å². The summed E-state index contributed by atoms with van der Waals surface area (Å²) >= 11 is 0. The van der Waals surface area contributed by atoms with Crippen molar-refractivity contribution in [3.05, 3.63) is 54.0 Å². The number of halogens is 2. The van der Waals surface area contributed by atoms with Crippen LogP contribution in [-0.2, 0) is 11.3 Å². The smallest absolute Gasteiger partial charge is 0.267 e. The molecule has 1 amide bonds. The average Bonchev–Trinajstić information content (AvgIpc) is 3.23. The zero-order valence-electron chi connectivity index (χ0n) is 16.5. The first-order chi connectivity index (χ1) is 13.7. The van der Waals surface area contributed by atoms with Crippen molar-refractivity contribution in [2.24, 2.45) is 0 Å². The van der Waals surface area contributed by atoms with Gasteiger partial charge in [-0.2, -0.15) is 0 Å². The monoisotopic (exact) mass is 455 g/mol. The predicted molar refractivity (Wildman–Crippen MR) is 120 cm³/mol. The van der Waals surface area contributed by atoms with Crippen LogP contribution >= 0.6 is 24.8 Å². The number of anilines is 1. The van der Waals surface area contributed by atoms with Crippen molar-refractivity contribution >= 4 is 42.6 Å². The standard InChI is InChI=1S/C20H25N5O3.2ClH/c26-20(24-27)7-6-17-13-23-19(14-22-17)21-8-11-28-18-5-3-4-16(12-18)15-25-9-1-2-10-25;;/h3-7,12-14,27H,1-2,8-11,15H2,(H,21,23)(H,24,26);2*1H/b7-6+;;. The summed E-state index contributed by atoms with van der Waals surface area (Å²) < 4.78 is 5.83. The molecule has 3 rings (SSSR count). The molecule has 0 radical (unpaired) electrons. The summed E-state index contributed by atoms with van der Waals surface area (Å²) in [5, 5.41) is 11.6. The molecule has 164 valence electrons. The lowest BCUT2D eigenvalue weighted by atomic mass is 10.2. The van der Waals surface area contributed by atoms with E-state index < -0.39 is 5.91 Å². The fourth-order valence-corrected chi connectivity index (χ4v) is 2.99. The summed E-state index contributed by atoms with van der Waals surface area (Å²) in [4.78, 5) is 21.8. The molecule has 0 bridgehead atoms. The van der Waals surface area contributed by atoms with E-state index in [1.54, 1.807) is 6.20 Å². The Labute approximate surface area is 188 Å². The van der Waals surface area contributed by atoms with Gasteiger partial charge in [-0.15, -0.1) is 24.8 Å². The highest BCUT2D eigenvalue weighted by molar-refractivity contribution is 5.90. The number of carbonyl (C=O) groups excluding carboxylic acids is 1. The zero-order chi connectivity index (χ0) is 19.6. The Kier molecular flexibility index (Phi) is 11.8. The van der Waals surface area contributed by atoms with E-state index >= 15 is 0 Å². The molecule has 0 spiro atoms. The molecule has 8 nitrogen and oxygen atoms in total. The Morgan fingerprint density at radius 3 is 2.70 bits per heavy atom. The summed E-state index contributed by atoms with van der Waals surface area (Å²) in [5.74, 6) is 0.869. The van der Waals surface area contributed by atoms with E-state index in [0.29, 0.717) is 24.7 Å². The Morgan fingerprint density at radius 1 is 1.20 bits per heavy atom. The van der Waals surface area contributed by atoms with Crippen LogP contribution in [0.1, 0.15) is 24.1 Å². The number of hydrogen-bond donors (Lipinski definition) is 3. The van der Waals surface area contributed by atoms with Gasteiger partial charge in [0.05, 0.1) is 24.6 Å². The van der Waals surface area contributed by atoms with Gasteiger partial charge in [0, 0.05) is 12.6 Å². The molecular weight excluding hydrogens is 429 g/mol. The lowest BCUT2D eigenvalue weighted by Gasteiger charge is -2.15. The molecule has 1 aromatic heterocycles. The molecule has 1 fully saturated rings. The van der Waals surface area contributed by atoms with Crippen molar-refractivity contribution in [2.75, 3.05) is 31.6 Å². The molecule has 1 aromatic carbocycles. The molecule has 30 heavy (non-hydrogen) atoms. The van der Waals surface area contributed by atoms with Crippen molar-refractivity contribution in [3.63, 3.8) is 0 Å². The third-order valence-electron chi connectivity index (χ3n) is 4.37. The van der Waals surface area contributed by atoms with Gasteiger partial charge in [-0.05, 0) is 49.7 Å². The second-order valence-corrected chi connectivity index (χ2v) is 6.54. The van der Waals surface area contributed by atoms with Crippen LogP contribution in [0.4, 0.5) is 5.82 Å². The summed E-state index contributed by atoms with van der Waals surface area (Å²) in [7, 11) is 0. The molecule has 10 heteroatoms. The number of amides is 1. The van der Waals surface area contributed by atoms with Gasteiger partial charge in [0.25, 0.3) is 5.91 Å². The second-order valence-electron chi connectivity index (χ2n) is 6.54. The van der Waals surface area contributed by atoms with Crippen LogP contribution in [-0.4, -0.2) is 52.2 Å². The van der Waals surface area contributed by atoms with Crippen molar-refractivity contribution in [1.29, 1.82) is 0 Å². The summed E-state index contributed by atoms with van der Waals surface area (Å²) in [5.41, 5.74) is 3.30. The molecule has 1 aliphatic heterocycles. The van der Waals surface area contributed by atoms with Crippen LogP contribution in [0.25, 0.3) is 6.08 Å². The highest BCUT2D eigenvalue weighted by atomic mass is 35.5. The maximum absolute atomic E-state index is 10.9. The number of hydrogen-bond acceptors (Lipinski definition) is 7. The normalized spacial score (nSPS) is 13.4. The summed E-state index contributed by atoms with van der Waals surface area (Å²) in [6, 6.07) is 8.24. The topological polar surface area (TPSA) is 99.6 Å². The Hall–Kier alpha value is -2.39. The Bertz CT molecular complexity index is 799. The Morgan fingerprint density at radius 2 is 2.00 bits per heavy atom. The summed E-state index contributed by atoms with van der Waals surface area (Å²) in [6.07, 6.45) is 8.32. The molecule has 1 aliphatic rings. The maximum atomic E-state index is 10.9. The fraction of sp³-hybridized carbons (Fsp3) is 0.350. The van der Waals surface area contributed by atoms with Gasteiger partial charge in [0.2, 0.25) is 0 Å². The van der Waals surface area contributed by atoms with E-state index in [0.717, 1.165) is 12.3 Å². The van der Waals surface area contributed by atoms with Crippen molar-refractivity contribution in [3.8, 4) is 5.75 Å². The number of ether oxygens (including phenoxy) is 1. The number of rotatable bonds is 9. The van der Waals surface area contributed by atoms with Gasteiger partial charge >= 0.3 is 0 Å². The fourth-order valence-electron chi connectivity index (χ4n) is 2.99. The number of hydroxylamine groups is 1. The highest BCUT2D eigenvalue weighted by Crippen LogP contribution is 2.17. The van der Waals surface area contributed by atoms with Crippen LogP contribution in [0.2, 0.25) is 0 Å². The third-order valence-corrected chi connectivity index (χ3v) is 4.37. The molecular formula is C20H27Cl2N5O3. The van der Waals surface area contributed by atoms with Crippen LogP contribution in [0, 0.1) is 0 Å². The first-order valence-electron chi connectivity index (χ1n) is 9.35. The quantitative estimate of drug-likeness (QED) is 0.231. The molecule has 1 saturated heterocycles. The largest absolute Gasteiger partial charge is 0.492 e. The second kappa shape index (κ2) is 13.8. The number of likely N-dealkylation sites (tertiary alicyclic amines) is 1. The van der Waals surface area contributed by atoms with Gasteiger partial charge in [0.15, 0.2) is 0 Å². The number of carbonyl (C=O) groups is 1. The molecule has 0 atom stereocenters. The molecule has 2 heterocycles. The summed E-state index contributed by atoms with van der Waals surface area (Å²) in [6.45, 7) is 4.44. The Balaban J connectivity index is 0.00000225. The SMILES string of the molecule is Cl.Cl.O=C(/C=C/c1cnc(NCCOc2cccc(CN3CCCC3)c2)cn1)NO. The number of nitrogens with zero attached hydrogens (tertiary/aromatic N) is 3. The van der Waals surface area contributed by atoms with Crippen molar-refractivity contribution < 1.29 is 14.7 Å². The number of benzene rings is 1. The third kappa shape index (κ3) is 8.54. The van der Waals surface area contributed by atoms with Gasteiger partial charge in [-0.25, -0.2) is 10.5 Å². The van der Waals surface area contributed by atoms with Crippen molar-refractivity contribution in [1.82, 2.24) is 20.3 Å². The van der Waals surface area contributed by atoms with E-state index in [1.165, 1.54) is 55.3 Å². The minimum Gasteiger partial charge on any atom is -0.492 e. The lowest BCUT2D eigenvalue weighted by Crippen LogP contribution is -2.18. The van der Waals surface area contributed by atoms with Crippen LogP contribution < -0.4 is 15.5 Å². The zero-order valence-corrected chi connectivity index (χ0v) is 18.1. The van der Waals surface area contributed by atoms with Gasteiger partial charge in [-0.1, -0.05) is 12.1 Å².